The van der Waals surface area contributed by atoms with Crippen molar-refractivity contribution in [3.8, 4) is 5.75 Å². The highest BCUT2D eigenvalue weighted by Gasteiger charge is 2.06. The van der Waals surface area contributed by atoms with Crippen molar-refractivity contribution in [3.63, 3.8) is 0 Å². The first kappa shape index (κ1) is 14.3. The molecule has 22 heavy (non-hydrogen) atoms. The van der Waals surface area contributed by atoms with Crippen molar-refractivity contribution < 1.29 is 5.11 Å². The van der Waals surface area contributed by atoms with Gasteiger partial charge in [0.15, 0.2) is 0 Å². The molecular weight excluding hydrogens is 272 g/mol. The molecule has 0 fully saturated rings. The quantitative estimate of drug-likeness (QED) is 0.606. The minimum absolute atomic E-state index is 0.144. The number of aromatic hydroxyl groups is 1. The summed E-state index contributed by atoms with van der Waals surface area (Å²) in [4.78, 5) is 0. The summed E-state index contributed by atoms with van der Waals surface area (Å²) in [6, 6.07) is 17.5. The van der Waals surface area contributed by atoms with E-state index in [2.05, 4.69) is 29.3 Å². The zero-order chi connectivity index (χ0) is 15.5. The lowest BCUT2D eigenvalue weighted by atomic mass is 10.1. The molecule has 1 N–H and O–H groups in total. The van der Waals surface area contributed by atoms with Gasteiger partial charge in [-0.1, -0.05) is 49.4 Å². The molecule has 0 aromatic heterocycles. The van der Waals surface area contributed by atoms with Gasteiger partial charge in [0.25, 0.3) is 0 Å². The van der Waals surface area contributed by atoms with Crippen LogP contribution < -0.4 is 0 Å². The molecule has 0 aliphatic heterocycles. The van der Waals surface area contributed by atoms with E-state index >= 15 is 0 Å². The fraction of sp³-hybridized carbons (Fsp3) is 0.158. The maximum atomic E-state index is 10.1. The van der Waals surface area contributed by atoms with Crippen molar-refractivity contribution in [2.45, 2.75) is 20.3 Å². The van der Waals surface area contributed by atoms with Crippen LogP contribution in [0.25, 0.3) is 10.8 Å². The third-order valence-electron chi connectivity index (χ3n) is 3.81. The molecular formula is C19H18N2O. The van der Waals surface area contributed by atoms with Crippen LogP contribution in [-0.4, -0.2) is 5.11 Å². The first-order chi connectivity index (χ1) is 10.7. The second-order valence-corrected chi connectivity index (χ2v) is 5.33. The van der Waals surface area contributed by atoms with E-state index in [9.17, 15) is 5.11 Å². The van der Waals surface area contributed by atoms with E-state index in [4.69, 9.17) is 0 Å². The lowest BCUT2D eigenvalue weighted by molar-refractivity contribution is 0.477. The Bertz CT molecular complexity index is 853. The fourth-order valence-corrected chi connectivity index (χ4v) is 2.50. The fourth-order valence-electron chi connectivity index (χ4n) is 2.50. The van der Waals surface area contributed by atoms with Crippen LogP contribution in [0.4, 0.5) is 11.4 Å². The molecule has 3 aromatic carbocycles. The van der Waals surface area contributed by atoms with Crippen LogP contribution >= 0.6 is 0 Å². The van der Waals surface area contributed by atoms with Crippen LogP contribution in [0, 0.1) is 6.92 Å². The van der Waals surface area contributed by atoms with Crippen LogP contribution in [0.15, 0.2) is 64.8 Å². The highest BCUT2D eigenvalue weighted by atomic mass is 16.3. The minimum Gasteiger partial charge on any atom is -0.506 e. The average Bonchev–Trinajstić information content (AvgIpc) is 2.55. The zero-order valence-corrected chi connectivity index (χ0v) is 12.7. The van der Waals surface area contributed by atoms with Crippen LogP contribution in [0.3, 0.4) is 0 Å². The molecule has 0 saturated heterocycles. The maximum absolute atomic E-state index is 10.1. The number of phenols is 1. The molecule has 3 aromatic rings. The maximum Gasteiger partial charge on any atom is 0.143 e. The summed E-state index contributed by atoms with van der Waals surface area (Å²) in [6.45, 7) is 4.15. The highest BCUT2D eigenvalue weighted by molar-refractivity contribution is 5.95. The molecule has 0 radical (unpaired) electrons. The van der Waals surface area contributed by atoms with E-state index < -0.39 is 0 Å². The summed E-state index contributed by atoms with van der Waals surface area (Å²) >= 11 is 0. The summed E-state index contributed by atoms with van der Waals surface area (Å²) in [7, 11) is 0. The molecule has 0 aliphatic carbocycles. The predicted octanol–water partition coefficient (Wildman–Crippen LogP) is 5.83. The molecule has 0 spiro atoms. The van der Waals surface area contributed by atoms with Crippen LogP contribution in [0.1, 0.15) is 18.1 Å². The molecule has 0 aliphatic rings. The van der Waals surface area contributed by atoms with Crippen LogP contribution in [0.5, 0.6) is 5.75 Å². The van der Waals surface area contributed by atoms with Crippen molar-refractivity contribution in [2.75, 3.05) is 0 Å². The van der Waals surface area contributed by atoms with Crippen molar-refractivity contribution >= 4 is 22.1 Å². The van der Waals surface area contributed by atoms with E-state index in [-0.39, 0.29) is 5.75 Å². The van der Waals surface area contributed by atoms with Crippen molar-refractivity contribution in [1.82, 2.24) is 0 Å². The summed E-state index contributed by atoms with van der Waals surface area (Å²) in [5.74, 6) is 0.144. The number of benzene rings is 3. The Hall–Kier alpha value is -2.68. The number of aryl methyl sites for hydroxylation is 2. The number of fused-ring (bicyclic) bond motifs is 1. The molecule has 3 rings (SSSR count). The predicted molar refractivity (Wildman–Crippen MR) is 90.3 cm³/mol. The Kier molecular flexibility index (Phi) is 3.88. The van der Waals surface area contributed by atoms with Gasteiger partial charge in [-0.05, 0) is 42.0 Å². The van der Waals surface area contributed by atoms with E-state index in [1.165, 1.54) is 5.56 Å². The van der Waals surface area contributed by atoms with E-state index in [0.29, 0.717) is 5.69 Å². The van der Waals surface area contributed by atoms with E-state index in [1.807, 2.05) is 43.3 Å². The molecule has 0 bridgehead atoms. The van der Waals surface area contributed by atoms with Gasteiger partial charge in [0.2, 0.25) is 0 Å². The van der Waals surface area contributed by atoms with Gasteiger partial charge in [-0.25, -0.2) is 0 Å². The second kappa shape index (κ2) is 5.98. The summed E-state index contributed by atoms with van der Waals surface area (Å²) in [5.41, 5.74) is 3.70. The van der Waals surface area contributed by atoms with Gasteiger partial charge >= 0.3 is 0 Å². The number of hydrogen-bond donors (Lipinski definition) is 1. The van der Waals surface area contributed by atoms with Gasteiger partial charge in [-0.15, -0.1) is 5.11 Å². The summed E-state index contributed by atoms with van der Waals surface area (Å²) < 4.78 is 0. The normalized spacial score (nSPS) is 11.4. The first-order valence-electron chi connectivity index (χ1n) is 7.41. The smallest absolute Gasteiger partial charge is 0.143 e. The van der Waals surface area contributed by atoms with Crippen LogP contribution in [0.2, 0.25) is 0 Å². The molecule has 3 nitrogen and oxygen atoms in total. The highest BCUT2D eigenvalue weighted by Crippen LogP contribution is 2.36. The largest absolute Gasteiger partial charge is 0.506 e. The number of nitrogens with zero attached hydrogens (tertiary/aromatic N) is 2. The van der Waals surface area contributed by atoms with Gasteiger partial charge in [-0.2, -0.15) is 5.11 Å². The molecule has 0 atom stereocenters. The SMILES string of the molecule is CCc1ccc(N=Nc2c(O)ccc3ccccc23)c(C)c1. The molecule has 0 amide bonds. The second-order valence-electron chi connectivity index (χ2n) is 5.33. The van der Waals surface area contributed by atoms with Crippen LogP contribution in [-0.2, 0) is 6.42 Å². The van der Waals surface area contributed by atoms with E-state index in [1.54, 1.807) is 6.07 Å². The Morgan fingerprint density at radius 3 is 2.55 bits per heavy atom. The first-order valence-corrected chi connectivity index (χ1v) is 7.41. The number of phenolic OH excluding ortho intramolecular Hbond substituents is 1. The number of azo groups is 1. The third kappa shape index (κ3) is 2.70. The van der Waals surface area contributed by atoms with Crippen molar-refractivity contribution in [1.29, 1.82) is 0 Å². The van der Waals surface area contributed by atoms with E-state index in [0.717, 1.165) is 28.4 Å². The van der Waals surface area contributed by atoms with Crippen molar-refractivity contribution in [3.05, 3.63) is 65.7 Å². The average molecular weight is 290 g/mol. The summed E-state index contributed by atoms with van der Waals surface area (Å²) in [5, 5.41) is 20.6. The molecule has 0 saturated carbocycles. The standard InChI is InChI=1S/C19H18N2O/c1-3-14-8-10-17(13(2)12-14)20-21-19-16-7-5-4-6-15(16)9-11-18(19)22/h4-12,22H,3H2,1-2H3. The monoisotopic (exact) mass is 290 g/mol. The van der Waals surface area contributed by atoms with Gasteiger partial charge in [0, 0.05) is 5.39 Å². The molecule has 110 valence electrons. The van der Waals surface area contributed by atoms with Gasteiger partial charge in [-0.3, -0.25) is 0 Å². The minimum atomic E-state index is 0.144. The zero-order valence-electron chi connectivity index (χ0n) is 12.7. The molecule has 0 heterocycles. The molecule has 0 unspecified atom stereocenters. The Morgan fingerprint density at radius 2 is 1.77 bits per heavy atom. The Labute approximate surface area is 130 Å². The lowest BCUT2D eigenvalue weighted by Crippen LogP contribution is -1.81. The topological polar surface area (TPSA) is 45.0 Å². The number of rotatable bonds is 3. The van der Waals surface area contributed by atoms with Gasteiger partial charge in [0.1, 0.15) is 11.4 Å². The van der Waals surface area contributed by atoms with Crippen molar-refractivity contribution in [2.24, 2.45) is 10.2 Å². The summed E-state index contributed by atoms with van der Waals surface area (Å²) in [6.07, 6.45) is 1.00. The third-order valence-corrected chi connectivity index (χ3v) is 3.81. The van der Waals surface area contributed by atoms with Gasteiger partial charge < -0.3 is 5.11 Å². The van der Waals surface area contributed by atoms with Gasteiger partial charge in [0.05, 0.1) is 5.69 Å². The number of hydrogen-bond acceptors (Lipinski definition) is 3. The Balaban J connectivity index is 2.04. The lowest BCUT2D eigenvalue weighted by Gasteiger charge is -2.05. The molecule has 3 heteroatoms. The Morgan fingerprint density at radius 1 is 0.955 bits per heavy atom.